The van der Waals surface area contributed by atoms with Gasteiger partial charge in [-0.2, -0.15) is 0 Å². The van der Waals surface area contributed by atoms with Crippen LogP contribution in [0.1, 0.15) is 38.3 Å². The summed E-state index contributed by atoms with van der Waals surface area (Å²) in [6.07, 6.45) is 0.835. The lowest BCUT2D eigenvalue weighted by molar-refractivity contribution is -0.142. The Kier molecular flexibility index (Phi) is 8.05. The molecule has 2 amide bonds. The molecule has 5 nitrogen and oxygen atoms in total. The fourth-order valence-corrected chi connectivity index (χ4v) is 2.76. The van der Waals surface area contributed by atoms with Crippen molar-refractivity contribution in [3.8, 4) is 5.75 Å². The number of carbonyl (C=O) groups is 2. The minimum Gasteiger partial charge on any atom is -0.484 e. The molecule has 2 atom stereocenters. The Morgan fingerprint density at radius 1 is 1.04 bits per heavy atom. The summed E-state index contributed by atoms with van der Waals surface area (Å²) in [7, 11) is 0. The number of hydrogen-bond donors (Lipinski definition) is 1. The molecule has 0 radical (unpaired) electrons. The normalized spacial score (nSPS) is 12.7. The molecule has 0 aromatic heterocycles. The van der Waals surface area contributed by atoms with Gasteiger partial charge in [0.1, 0.15) is 11.8 Å². The monoisotopic (exact) mass is 382 g/mol. The van der Waals surface area contributed by atoms with E-state index in [-0.39, 0.29) is 24.5 Å². The zero-order chi connectivity index (χ0) is 20.5. The molecule has 28 heavy (non-hydrogen) atoms. The second-order valence-corrected chi connectivity index (χ2v) is 7.04. The van der Waals surface area contributed by atoms with Crippen LogP contribution < -0.4 is 10.1 Å². The molecule has 0 bridgehead atoms. The van der Waals surface area contributed by atoms with Gasteiger partial charge in [0.2, 0.25) is 5.91 Å². The Balaban J connectivity index is 2.15. The van der Waals surface area contributed by atoms with Crippen molar-refractivity contribution in [1.29, 1.82) is 0 Å². The van der Waals surface area contributed by atoms with Crippen LogP contribution in [0, 0.1) is 6.92 Å². The minimum atomic E-state index is -0.597. The van der Waals surface area contributed by atoms with Gasteiger partial charge in [-0.05, 0) is 50.5 Å². The van der Waals surface area contributed by atoms with Crippen LogP contribution >= 0.6 is 0 Å². The average molecular weight is 383 g/mol. The number of amides is 2. The topological polar surface area (TPSA) is 58.6 Å². The fraction of sp³-hybridized carbons (Fsp3) is 0.391. The van der Waals surface area contributed by atoms with E-state index in [2.05, 4.69) is 5.32 Å². The number of hydrogen-bond acceptors (Lipinski definition) is 3. The third-order valence-corrected chi connectivity index (χ3v) is 4.88. The zero-order valence-electron chi connectivity index (χ0n) is 17.1. The summed E-state index contributed by atoms with van der Waals surface area (Å²) >= 11 is 0. The highest BCUT2D eigenvalue weighted by molar-refractivity contribution is 5.88. The van der Waals surface area contributed by atoms with Crippen LogP contribution in [0.25, 0.3) is 0 Å². The standard InChI is InChI=1S/C23H30N2O3/c1-5-18(3)24-23(27)19(4)25(15-20-12-10-9-11-17(20)2)22(26)16-28-21-13-7-6-8-14-21/h6-14,18-19H,5,15-16H2,1-4H3,(H,24,27)/t18-,19-/m0/s1. The van der Waals surface area contributed by atoms with Crippen molar-refractivity contribution in [2.24, 2.45) is 0 Å². The van der Waals surface area contributed by atoms with Gasteiger partial charge in [0, 0.05) is 12.6 Å². The number of para-hydroxylation sites is 1. The Morgan fingerprint density at radius 2 is 1.68 bits per heavy atom. The third-order valence-electron chi connectivity index (χ3n) is 4.88. The molecule has 0 saturated heterocycles. The minimum absolute atomic E-state index is 0.0610. The number of ether oxygens (including phenoxy) is 1. The number of carbonyl (C=O) groups excluding carboxylic acids is 2. The van der Waals surface area contributed by atoms with Crippen molar-refractivity contribution >= 4 is 11.8 Å². The van der Waals surface area contributed by atoms with Gasteiger partial charge in [0.05, 0.1) is 0 Å². The Bertz CT molecular complexity index is 776. The molecular formula is C23H30N2O3. The van der Waals surface area contributed by atoms with E-state index in [1.165, 1.54) is 0 Å². The van der Waals surface area contributed by atoms with Crippen molar-refractivity contribution in [2.45, 2.75) is 52.7 Å². The van der Waals surface area contributed by atoms with Crippen LogP contribution in [-0.4, -0.2) is 35.4 Å². The van der Waals surface area contributed by atoms with Crippen molar-refractivity contribution in [2.75, 3.05) is 6.61 Å². The van der Waals surface area contributed by atoms with Gasteiger partial charge in [0.15, 0.2) is 6.61 Å². The maximum Gasteiger partial charge on any atom is 0.261 e. The first-order valence-corrected chi connectivity index (χ1v) is 9.74. The average Bonchev–Trinajstić information content (AvgIpc) is 2.71. The summed E-state index contributed by atoms with van der Waals surface area (Å²) in [4.78, 5) is 27.2. The van der Waals surface area contributed by atoms with E-state index >= 15 is 0 Å². The second-order valence-electron chi connectivity index (χ2n) is 7.04. The van der Waals surface area contributed by atoms with Gasteiger partial charge in [-0.1, -0.05) is 49.4 Å². The summed E-state index contributed by atoms with van der Waals surface area (Å²) in [6, 6.07) is 16.6. The summed E-state index contributed by atoms with van der Waals surface area (Å²) in [5.41, 5.74) is 2.09. The first-order chi connectivity index (χ1) is 13.4. The summed E-state index contributed by atoms with van der Waals surface area (Å²) in [6.45, 7) is 7.98. The molecule has 0 saturated carbocycles. The summed E-state index contributed by atoms with van der Waals surface area (Å²) in [5, 5.41) is 2.97. The summed E-state index contributed by atoms with van der Waals surface area (Å²) < 4.78 is 5.63. The van der Waals surface area contributed by atoms with Gasteiger partial charge in [0.25, 0.3) is 5.91 Å². The van der Waals surface area contributed by atoms with E-state index in [9.17, 15) is 9.59 Å². The third kappa shape index (κ3) is 6.12. The number of rotatable bonds is 9. The Morgan fingerprint density at radius 3 is 2.32 bits per heavy atom. The van der Waals surface area contributed by atoms with E-state index in [4.69, 9.17) is 4.74 Å². The van der Waals surface area contributed by atoms with Gasteiger partial charge in [-0.3, -0.25) is 9.59 Å². The van der Waals surface area contributed by atoms with Gasteiger partial charge < -0.3 is 15.0 Å². The molecule has 2 rings (SSSR count). The number of nitrogens with zero attached hydrogens (tertiary/aromatic N) is 1. The quantitative estimate of drug-likeness (QED) is 0.719. The lowest BCUT2D eigenvalue weighted by Crippen LogP contribution is -2.50. The van der Waals surface area contributed by atoms with Crippen molar-refractivity contribution in [1.82, 2.24) is 10.2 Å². The molecule has 2 aromatic carbocycles. The van der Waals surface area contributed by atoms with Crippen LogP contribution in [0.15, 0.2) is 54.6 Å². The smallest absolute Gasteiger partial charge is 0.261 e. The van der Waals surface area contributed by atoms with Crippen LogP contribution in [0.4, 0.5) is 0 Å². The molecule has 1 N–H and O–H groups in total. The largest absolute Gasteiger partial charge is 0.484 e. The molecular weight excluding hydrogens is 352 g/mol. The highest BCUT2D eigenvalue weighted by atomic mass is 16.5. The SMILES string of the molecule is CC[C@H](C)NC(=O)[C@H](C)N(Cc1ccccc1C)C(=O)COc1ccccc1. The lowest BCUT2D eigenvalue weighted by Gasteiger charge is -2.30. The predicted octanol–water partition coefficient (Wildman–Crippen LogP) is 3.71. The van der Waals surface area contributed by atoms with Gasteiger partial charge in [-0.15, -0.1) is 0 Å². The Labute approximate surface area is 167 Å². The van der Waals surface area contributed by atoms with Crippen LogP contribution in [0.3, 0.4) is 0 Å². The molecule has 0 spiro atoms. The number of aryl methyl sites for hydroxylation is 1. The van der Waals surface area contributed by atoms with Gasteiger partial charge in [-0.25, -0.2) is 0 Å². The van der Waals surface area contributed by atoms with Crippen molar-refractivity contribution < 1.29 is 14.3 Å². The number of benzene rings is 2. The van der Waals surface area contributed by atoms with Crippen LogP contribution in [-0.2, 0) is 16.1 Å². The molecule has 150 valence electrons. The second kappa shape index (κ2) is 10.5. The van der Waals surface area contributed by atoms with Crippen molar-refractivity contribution in [3.63, 3.8) is 0 Å². The van der Waals surface area contributed by atoms with E-state index in [1.54, 1.807) is 24.0 Å². The van der Waals surface area contributed by atoms with Gasteiger partial charge >= 0.3 is 0 Å². The summed E-state index contributed by atoms with van der Waals surface area (Å²) in [5.74, 6) is 0.248. The van der Waals surface area contributed by atoms with E-state index in [0.29, 0.717) is 12.3 Å². The highest BCUT2D eigenvalue weighted by Gasteiger charge is 2.27. The fourth-order valence-electron chi connectivity index (χ4n) is 2.76. The predicted molar refractivity (Wildman–Crippen MR) is 111 cm³/mol. The maximum absolute atomic E-state index is 13.0. The molecule has 0 unspecified atom stereocenters. The molecule has 0 aliphatic carbocycles. The molecule has 0 aliphatic rings. The Hall–Kier alpha value is -2.82. The van der Waals surface area contributed by atoms with E-state index < -0.39 is 6.04 Å². The maximum atomic E-state index is 13.0. The van der Waals surface area contributed by atoms with Crippen molar-refractivity contribution in [3.05, 3.63) is 65.7 Å². The zero-order valence-corrected chi connectivity index (χ0v) is 17.1. The first-order valence-electron chi connectivity index (χ1n) is 9.74. The number of nitrogens with one attached hydrogen (secondary N) is 1. The lowest BCUT2D eigenvalue weighted by atomic mass is 10.1. The molecule has 2 aromatic rings. The molecule has 0 aliphatic heterocycles. The molecule has 5 heteroatoms. The first kappa shape index (κ1) is 21.5. The van der Waals surface area contributed by atoms with Crippen LogP contribution in [0.2, 0.25) is 0 Å². The molecule has 0 heterocycles. The molecule has 0 fully saturated rings. The highest BCUT2D eigenvalue weighted by Crippen LogP contribution is 2.15. The van der Waals surface area contributed by atoms with Crippen LogP contribution in [0.5, 0.6) is 5.75 Å². The van der Waals surface area contributed by atoms with E-state index in [1.807, 2.05) is 63.2 Å². The van der Waals surface area contributed by atoms with E-state index in [0.717, 1.165) is 17.5 Å².